The number of hydrogen-bond acceptors (Lipinski definition) is 1. The van der Waals surface area contributed by atoms with E-state index in [0.717, 1.165) is 28.7 Å². The van der Waals surface area contributed by atoms with E-state index in [4.69, 9.17) is 4.42 Å². The number of allylic oxidation sites excluding steroid dienone is 2. The van der Waals surface area contributed by atoms with Crippen molar-refractivity contribution >= 4 is 23.1 Å². The first-order chi connectivity index (χ1) is 12.8. The molecule has 1 aliphatic rings. The van der Waals surface area contributed by atoms with Crippen LogP contribution in [0.25, 0.3) is 34.4 Å². The molecule has 0 N–H and O–H groups in total. The van der Waals surface area contributed by atoms with E-state index in [1.807, 2.05) is 18.2 Å². The third kappa shape index (κ3) is 2.78. The number of hydrogen-bond donors (Lipinski definition) is 0. The number of para-hydroxylation sites is 1. The highest BCUT2D eigenvalue weighted by molar-refractivity contribution is 5.82. The molecule has 5 rings (SSSR count). The maximum absolute atomic E-state index is 5.94. The van der Waals surface area contributed by atoms with Gasteiger partial charge in [-0.1, -0.05) is 85.0 Å². The molecule has 0 radical (unpaired) electrons. The fourth-order valence-corrected chi connectivity index (χ4v) is 3.50. The van der Waals surface area contributed by atoms with Gasteiger partial charge in [-0.2, -0.15) is 0 Å². The Morgan fingerprint density at radius 1 is 0.769 bits per heavy atom. The molecule has 0 bridgehead atoms. The number of rotatable bonds is 3. The van der Waals surface area contributed by atoms with Gasteiger partial charge in [0.05, 0.1) is 0 Å². The van der Waals surface area contributed by atoms with Gasteiger partial charge in [0.15, 0.2) is 0 Å². The highest BCUT2D eigenvalue weighted by Crippen LogP contribution is 2.29. The van der Waals surface area contributed by atoms with E-state index in [0.29, 0.717) is 0 Å². The zero-order valence-corrected chi connectivity index (χ0v) is 14.4. The number of fused-ring (bicyclic) bond motifs is 2. The number of benzene rings is 3. The van der Waals surface area contributed by atoms with Crippen LogP contribution in [-0.2, 0) is 6.42 Å². The van der Waals surface area contributed by atoms with Crippen LogP contribution in [0.15, 0.2) is 94.9 Å². The van der Waals surface area contributed by atoms with Crippen molar-refractivity contribution in [2.45, 2.75) is 6.42 Å². The largest absolute Gasteiger partial charge is 0.456 e. The molecule has 0 amide bonds. The van der Waals surface area contributed by atoms with Crippen LogP contribution in [0.2, 0.25) is 0 Å². The van der Waals surface area contributed by atoms with Crippen LogP contribution in [0.4, 0.5) is 0 Å². The molecule has 1 aliphatic carbocycles. The minimum Gasteiger partial charge on any atom is -0.456 e. The first-order valence-electron chi connectivity index (χ1n) is 8.91. The number of furan rings is 1. The maximum Gasteiger partial charge on any atom is 0.135 e. The molecule has 0 aliphatic heterocycles. The quantitative estimate of drug-likeness (QED) is 0.404. The summed E-state index contributed by atoms with van der Waals surface area (Å²) < 4.78 is 5.94. The van der Waals surface area contributed by atoms with Crippen molar-refractivity contribution in [3.8, 4) is 11.3 Å². The van der Waals surface area contributed by atoms with Crippen LogP contribution < -0.4 is 0 Å². The Morgan fingerprint density at radius 3 is 2.42 bits per heavy atom. The van der Waals surface area contributed by atoms with Gasteiger partial charge in [0, 0.05) is 10.9 Å². The Labute approximate surface area is 152 Å². The minimum absolute atomic E-state index is 0.913. The van der Waals surface area contributed by atoms with E-state index < -0.39 is 0 Å². The summed E-state index contributed by atoms with van der Waals surface area (Å²) in [5.74, 6) is 0.913. The van der Waals surface area contributed by atoms with Gasteiger partial charge in [0.25, 0.3) is 0 Å². The van der Waals surface area contributed by atoms with Crippen LogP contribution in [0.1, 0.15) is 16.7 Å². The lowest BCUT2D eigenvalue weighted by molar-refractivity contribution is 0.631. The van der Waals surface area contributed by atoms with Crippen molar-refractivity contribution in [2.24, 2.45) is 0 Å². The van der Waals surface area contributed by atoms with Gasteiger partial charge in [-0.15, -0.1) is 0 Å². The third-order valence-electron chi connectivity index (χ3n) is 4.90. The summed E-state index contributed by atoms with van der Waals surface area (Å²) in [5, 5.41) is 1.14. The van der Waals surface area contributed by atoms with Crippen molar-refractivity contribution in [1.29, 1.82) is 0 Å². The summed E-state index contributed by atoms with van der Waals surface area (Å²) in [6.07, 6.45) is 7.69. The molecule has 0 saturated heterocycles. The smallest absolute Gasteiger partial charge is 0.135 e. The predicted molar refractivity (Wildman–Crippen MR) is 109 cm³/mol. The molecule has 1 nitrogen and oxygen atoms in total. The Morgan fingerprint density at radius 2 is 1.58 bits per heavy atom. The maximum atomic E-state index is 5.94. The first-order valence-corrected chi connectivity index (χ1v) is 8.91. The SMILES string of the molecule is C1=C(/C=C/c2ccc(-c3cc4ccccc4o3)cc2)Cc2ccccc21. The summed E-state index contributed by atoms with van der Waals surface area (Å²) in [5.41, 5.74) is 7.33. The molecule has 0 atom stereocenters. The molecule has 0 spiro atoms. The highest BCUT2D eigenvalue weighted by Gasteiger charge is 2.09. The minimum atomic E-state index is 0.913. The highest BCUT2D eigenvalue weighted by atomic mass is 16.3. The average molecular weight is 334 g/mol. The molecule has 0 saturated carbocycles. The van der Waals surface area contributed by atoms with Crippen LogP contribution in [0.3, 0.4) is 0 Å². The van der Waals surface area contributed by atoms with Crippen LogP contribution in [0, 0.1) is 0 Å². The van der Waals surface area contributed by atoms with Gasteiger partial charge in [0.2, 0.25) is 0 Å². The van der Waals surface area contributed by atoms with Crippen LogP contribution in [-0.4, -0.2) is 0 Å². The summed E-state index contributed by atoms with van der Waals surface area (Å²) in [6.45, 7) is 0. The van der Waals surface area contributed by atoms with Crippen LogP contribution in [0.5, 0.6) is 0 Å². The van der Waals surface area contributed by atoms with Crippen molar-refractivity contribution in [2.75, 3.05) is 0 Å². The Hall–Kier alpha value is -3.32. The van der Waals surface area contributed by atoms with E-state index in [1.54, 1.807) is 0 Å². The molecule has 0 unspecified atom stereocenters. The second-order valence-electron chi connectivity index (χ2n) is 6.70. The van der Waals surface area contributed by atoms with Crippen molar-refractivity contribution in [3.05, 3.63) is 107 Å². The fourth-order valence-electron chi connectivity index (χ4n) is 3.50. The second-order valence-corrected chi connectivity index (χ2v) is 6.70. The summed E-state index contributed by atoms with van der Waals surface area (Å²) in [6, 6.07) is 27.3. The molecule has 3 aromatic carbocycles. The first kappa shape index (κ1) is 15.0. The molecule has 0 fully saturated rings. The molecule has 26 heavy (non-hydrogen) atoms. The second kappa shape index (κ2) is 6.20. The lowest BCUT2D eigenvalue weighted by Gasteiger charge is -1.99. The van der Waals surface area contributed by atoms with Gasteiger partial charge >= 0.3 is 0 Å². The lowest BCUT2D eigenvalue weighted by atomic mass is 10.1. The monoisotopic (exact) mass is 334 g/mol. The van der Waals surface area contributed by atoms with Gasteiger partial charge in [-0.05, 0) is 40.8 Å². The standard InChI is InChI=1S/C25H18O/c1-2-6-22-16-19(15-21(22)5-1)10-9-18-11-13-20(14-12-18)25-17-23-7-3-4-8-24(23)26-25/h1-15,17H,16H2/b10-9+. The van der Waals surface area contributed by atoms with Gasteiger partial charge < -0.3 is 4.42 Å². The Bertz CT molecular complexity index is 1110. The normalized spacial score (nSPS) is 13.3. The van der Waals surface area contributed by atoms with Crippen molar-refractivity contribution < 1.29 is 4.42 Å². The van der Waals surface area contributed by atoms with Crippen molar-refractivity contribution in [3.63, 3.8) is 0 Å². The summed E-state index contributed by atoms with van der Waals surface area (Å²) in [4.78, 5) is 0. The fraction of sp³-hybridized carbons (Fsp3) is 0.0400. The van der Waals surface area contributed by atoms with E-state index in [9.17, 15) is 0 Å². The molecular formula is C25H18O. The zero-order valence-electron chi connectivity index (χ0n) is 14.4. The third-order valence-corrected chi connectivity index (χ3v) is 4.90. The van der Waals surface area contributed by atoms with Crippen LogP contribution >= 0.6 is 0 Å². The molecule has 1 heteroatoms. The summed E-state index contributed by atoms with van der Waals surface area (Å²) >= 11 is 0. The van der Waals surface area contributed by atoms with Gasteiger partial charge in [0.1, 0.15) is 11.3 Å². The van der Waals surface area contributed by atoms with Gasteiger partial charge in [-0.25, -0.2) is 0 Å². The molecular weight excluding hydrogens is 316 g/mol. The molecule has 124 valence electrons. The molecule has 1 aromatic heterocycles. The van der Waals surface area contributed by atoms with E-state index in [1.165, 1.54) is 22.3 Å². The lowest BCUT2D eigenvalue weighted by Crippen LogP contribution is -1.81. The molecule has 1 heterocycles. The van der Waals surface area contributed by atoms with E-state index in [2.05, 4.69) is 78.9 Å². The topological polar surface area (TPSA) is 13.1 Å². The van der Waals surface area contributed by atoms with Crippen molar-refractivity contribution in [1.82, 2.24) is 0 Å². The van der Waals surface area contributed by atoms with Gasteiger partial charge in [-0.3, -0.25) is 0 Å². The Kier molecular flexibility index (Phi) is 3.57. The zero-order chi connectivity index (χ0) is 17.3. The predicted octanol–water partition coefficient (Wildman–Crippen LogP) is 6.75. The van der Waals surface area contributed by atoms with E-state index >= 15 is 0 Å². The molecule has 4 aromatic rings. The average Bonchev–Trinajstić information content (AvgIpc) is 3.30. The Balaban J connectivity index is 1.36. The summed E-state index contributed by atoms with van der Waals surface area (Å²) in [7, 11) is 0. The van der Waals surface area contributed by atoms with E-state index in [-0.39, 0.29) is 0 Å².